The van der Waals surface area contributed by atoms with Crippen molar-refractivity contribution in [2.45, 2.75) is 57.9 Å². The lowest BCUT2D eigenvalue weighted by molar-refractivity contribution is -0.143. The van der Waals surface area contributed by atoms with Crippen LogP contribution in [0, 0.1) is 11.3 Å². The van der Waals surface area contributed by atoms with E-state index < -0.39 is 0 Å². The summed E-state index contributed by atoms with van der Waals surface area (Å²) in [7, 11) is 0. The van der Waals surface area contributed by atoms with E-state index in [1.54, 1.807) is 0 Å². The molecule has 0 spiro atoms. The number of nitrogens with zero attached hydrogens (tertiary/aromatic N) is 1. The molecule has 1 heterocycles. The summed E-state index contributed by atoms with van der Waals surface area (Å²) in [6.07, 6.45) is 7.22. The average molecular weight is 385 g/mol. The quantitative estimate of drug-likeness (QED) is 0.832. The minimum atomic E-state index is -0.216. The molecule has 1 saturated carbocycles. The highest BCUT2D eigenvalue weighted by atomic mass is 35.5. The molecule has 1 atom stereocenters. The first-order valence-electron chi connectivity index (χ1n) is 9.30. The van der Waals surface area contributed by atoms with Crippen molar-refractivity contribution in [1.29, 1.82) is 0 Å². The van der Waals surface area contributed by atoms with Gasteiger partial charge in [0.2, 0.25) is 5.91 Å². The number of hydrogen-bond acceptors (Lipinski definition) is 2. The van der Waals surface area contributed by atoms with Gasteiger partial charge >= 0.3 is 0 Å². The molecule has 2 fully saturated rings. The maximum absolute atomic E-state index is 13.3. The zero-order valence-corrected chi connectivity index (χ0v) is 16.6. The lowest BCUT2D eigenvalue weighted by atomic mass is 9.78. The number of likely N-dealkylation sites (tertiary alicyclic amines) is 1. The van der Waals surface area contributed by atoms with Crippen molar-refractivity contribution in [3.05, 3.63) is 34.9 Å². The molecule has 1 aromatic rings. The number of carbonyl (C=O) groups excluding carboxylic acids is 1. The minimum Gasteiger partial charge on any atom is -0.342 e. The first-order chi connectivity index (χ1) is 11.5. The fourth-order valence-corrected chi connectivity index (χ4v) is 4.73. The van der Waals surface area contributed by atoms with Crippen LogP contribution in [0.1, 0.15) is 51.0 Å². The monoisotopic (exact) mass is 384 g/mol. The van der Waals surface area contributed by atoms with Crippen LogP contribution in [0.5, 0.6) is 0 Å². The van der Waals surface area contributed by atoms with Crippen molar-refractivity contribution >= 4 is 29.9 Å². The summed E-state index contributed by atoms with van der Waals surface area (Å²) >= 11 is 6.14. The van der Waals surface area contributed by atoms with Crippen molar-refractivity contribution in [2.75, 3.05) is 13.1 Å². The third kappa shape index (κ3) is 4.69. The second kappa shape index (κ2) is 8.75. The summed E-state index contributed by atoms with van der Waals surface area (Å²) in [6, 6.07) is 8.22. The standard InChI is InChI=1S/C20H29ClN2O.ClH/c1-15(22)17-7-11-23(12-8-17)19(24)20(9-2-3-10-20)14-16-5-4-6-18(21)13-16;/h4-6,13,15,17H,2-3,7-12,14,22H2,1H3;1H. The average Bonchev–Trinajstić information content (AvgIpc) is 3.04. The molecule has 0 bridgehead atoms. The molecule has 1 unspecified atom stereocenters. The van der Waals surface area contributed by atoms with E-state index in [0.717, 1.165) is 63.1 Å². The highest BCUT2D eigenvalue weighted by Gasteiger charge is 2.44. The van der Waals surface area contributed by atoms with Crippen LogP contribution in [0.15, 0.2) is 24.3 Å². The Kier molecular flexibility index (Phi) is 7.19. The van der Waals surface area contributed by atoms with Gasteiger partial charge in [0, 0.05) is 24.2 Å². The van der Waals surface area contributed by atoms with Gasteiger partial charge in [-0.3, -0.25) is 4.79 Å². The molecular formula is C20H30Cl2N2O. The van der Waals surface area contributed by atoms with Gasteiger partial charge in [0.1, 0.15) is 0 Å². The molecule has 1 amide bonds. The highest BCUT2D eigenvalue weighted by molar-refractivity contribution is 6.30. The Labute approximate surface area is 162 Å². The number of rotatable bonds is 4. The molecule has 3 nitrogen and oxygen atoms in total. The van der Waals surface area contributed by atoms with Crippen molar-refractivity contribution < 1.29 is 4.79 Å². The van der Waals surface area contributed by atoms with E-state index in [-0.39, 0.29) is 23.9 Å². The number of benzene rings is 1. The Morgan fingerprint density at radius 3 is 2.52 bits per heavy atom. The van der Waals surface area contributed by atoms with Gasteiger partial charge in [-0.25, -0.2) is 0 Å². The van der Waals surface area contributed by atoms with Crippen LogP contribution in [-0.2, 0) is 11.2 Å². The number of amides is 1. The molecule has 1 aromatic carbocycles. The Bertz CT molecular complexity index is 577. The number of hydrogen-bond donors (Lipinski definition) is 1. The topological polar surface area (TPSA) is 46.3 Å². The Balaban J connectivity index is 0.00000225. The van der Waals surface area contributed by atoms with Gasteiger partial charge in [-0.15, -0.1) is 12.4 Å². The van der Waals surface area contributed by atoms with E-state index in [4.69, 9.17) is 17.3 Å². The summed E-state index contributed by atoms with van der Waals surface area (Å²) in [5.41, 5.74) is 7.00. The van der Waals surface area contributed by atoms with Crippen LogP contribution < -0.4 is 5.73 Å². The van der Waals surface area contributed by atoms with Crippen LogP contribution in [0.25, 0.3) is 0 Å². The summed E-state index contributed by atoms with van der Waals surface area (Å²) in [5.74, 6) is 0.921. The van der Waals surface area contributed by atoms with Crippen LogP contribution >= 0.6 is 24.0 Å². The largest absolute Gasteiger partial charge is 0.342 e. The summed E-state index contributed by atoms with van der Waals surface area (Å²) in [5, 5.41) is 0.755. The molecule has 1 aliphatic carbocycles. The lowest BCUT2D eigenvalue weighted by Crippen LogP contribution is -2.49. The summed E-state index contributed by atoms with van der Waals surface area (Å²) < 4.78 is 0. The first-order valence-corrected chi connectivity index (χ1v) is 9.67. The lowest BCUT2D eigenvalue weighted by Gasteiger charge is -2.39. The second-order valence-corrected chi connectivity index (χ2v) is 8.22. The molecule has 2 aliphatic rings. The molecule has 25 heavy (non-hydrogen) atoms. The van der Waals surface area contributed by atoms with E-state index in [1.165, 1.54) is 5.56 Å². The van der Waals surface area contributed by atoms with Crippen molar-refractivity contribution in [2.24, 2.45) is 17.1 Å². The maximum atomic E-state index is 13.3. The van der Waals surface area contributed by atoms with E-state index in [1.807, 2.05) is 18.2 Å². The Morgan fingerprint density at radius 2 is 1.96 bits per heavy atom. The van der Waals surface area contributed by atoms with E-state index >= 15 is 0 Å². The van der Waals surface area contributed by atoms with Gasteiger partial charge in [-0.1, -0.05) is 36.6 Å². The maximum Gasteiger partial charge on any atom is 0.229 e. The number of carbonyl (C=O) groups is 1. The van der Waals surface area contributed by atoms with E-state index in [0.29, 0.717) is 11.8 Å². The molecule has 140 valence electrons. The normalized spacial score (nSPS) is 21.6. The Hall–Kier alpha value is -0.770. The smallest absolute Gasteiger partial charge is 0.229 e. The second-order valence-electron chi connectivity index (χ2n) is 7.78. The third-order valence-corrected chi connectivity index (χ3v) is 6.25. The van der Waals surface area contributed by atoms with Gasteiger partial charge < -0.3 is 10.6 Å². The third-order valence-electron chi connectivity index (χ3n) is 6.02. The van der Waals surface area contributed by atoms with Gasteiger partial charge in [-0.2, -0.15) is 0 Å². The van der Waals surface area contributed by atoms with Crippen LogP contribution in [0.4, 0.5) is 0 Å². The van der Waals surface area contributed by atoms with Crippen molar-refractivity contribution in [3.8, 4) is 0 Å². The first kappa shape index (κ1) is 20.5. The molecule has 1 saturated heterocycles. The van der Waals surface area contributed by atoms with Crippen LogP contribution in [-0.4, -0.2) is 29.9 Å². The molecule has 0 radical (unpaired) electrons. The fraction of sp³-hybridized carbons (Fsp3) is 0.650. The molecule has 0 aromatic heterocycles. The number of halogens is 2. The van der Waals surface area contributed by atoms with Crippen LogP contribution in [0.2, 0.25) is 5.02 Å². The predicted molar refractivity (Wildman–Crippen MR) is 106 cm³/mol. The van der Waals surface area contributed by atoms with Gasteiger partial charge in [0.15, 0.2) is 0 Å². The minimum absolute atomic E-state index is 0. The summed E-state index contributed by atoms with van der Waals surface area (Å²) in [6.45, 7) is 3.81. The predicted octanol–water partition coefficient (Wildman–Crippen LogP) is 4.45. The molecule has 2 N–H and O–H groups in total. The van der Waals surface area contributed by atoms with Gasteiger partial charge in [-0.05, 0) is 62.6 Å². The number of nitrogens with two attached hydrogens (primary N) is 1. The molecule has 3 rings (SSSR count). The number of piperidine rings is 1. The van der Waals surface area contributed by atoms with Gasteiger partial charge in [0.05, 0.1) is 5.41 Å². The fourth-order valence-electron chi connectivity index (χ4n) is 4.52. The van der Waals surface area contributed by atoms with E-state index in [2.05, 4.69) is 17.9 Å². The van der Waals surface area contributed by atoms with Crippen molar-refractivity contribution in [1.82, 2.24) is 4.90 Å². The molecule has 1 aliphatic heterocycles. The SMILES string of the molecule is CC(N)C1CCN(C(=O)C2(Cc3cccc(Cl)c3)CCCC2)CC1.Cl. The van der Waals surface area contributed by atoms with Gasteiger partial charge in [0.25, 0.3) is 0 Å². The van der Waals surface area contributed by atoms with Crippen molar-refractivity contribution in [3.63, 3.8) is 0 Å². The Morgan fingerprint density at radius 1 is 1.32 bits per heavy atom. The molecule has 5 heteroatoms. The zero-order chi connectivity index (χ0) is 17.2. The highest BCUT2D eigenvalue weighted by Crippen LogP contribution is 2.43. The summed E-state index contributed by atoms with van der Waals surface area (Å²) in [4.78, 5) is 15.5. The van der Waals surface area contributed by atoms with E-state index in [9.17, 15) is 4.79 Å². The van der Waals surface area contributed by atoms with Crippen LogP contribution in [0.3, 0.4) is 0 Å². The zero-order valence-electron chi connectivity index (χ0n) is 15.0. The molecular weight excluding hydrogens is 355 g/mol.